The van der Waals surface area contributed by atoms with Crippen LogP contribution < -0.4 is 5.32 Å². The minimum atomic E-state index is -1.12. The van der Waals surface area contributed by atoms with Gasteiger partial charge in [-0.15, -0.1) is 0 Å². The highest BCUT2D eigenvalue weighted by molar-refractivity contribution is 6.30. The third kappa shape index (κ3) is 2.95. The van der Waals surface area contributed by atoms with Crippen molar-refractivity contribution in [2.24, 2.45) is 0 Å². The van der Waals surface area contributed by atoms with Crippen molar-refractivity contribution in [3.8, 4) is 0 Å². The standard InChI is InChI=1S/C11H12ClN3O2/c1-11(16,9-3-2-4-17-9)7-15-10-13-5-8(12)6-14-10/h2-6,16H,7H2,1H3,(H,13,14,15). The topological polar surface area (TPSA) is 71.2 Å². The van der Waals surface area contributed by atoms with Crippen molar-refractivity contribution in [1.29, 1.82) is 0 Å². The van der Waals surface area contributed by atoms with Crippen molar-refractivity contribution in [2.45, 2.75) is 12.5 Å². The van der Waals surface area contributed by atoms with E-state index < -0.39 is 5.60 Å². The Labute approximate surface area is 103 Å². The van der Waals surface area contributed by atoms with Crippen molar-refractivity contribution >= 4 is 17.5 Å². The van der Waals surface area contributed by atoms with Crippen LogP contribution >= 0.6 is 11.6 Å². The monoisotopic (exact) mass is 253 g/mol. The van der Waals surface area contributed by atoms with Gasteiger partial charge in [-0.1, -0.05) is 11.6 Å². The highest BCUT2D eigenvalue weighted by Gasteiger charge is 2.26. The molecule has 2 aromatic heterocycles. The van der Waals surface area contributed by atoms with Crippen molar-refractivity contribution in [3.63, 3.8) is 0 Å². The van der Waals surface area contributed by atoms with E-state index in [4.69, 9.17) is 16.0 Å². The van der Waals surface area contributed by atoms with Crippen LogP contribution in [-0.4, -0.2) is 21.6 Å². The molecule has 1 unspecified atom stereocenters. The quantitative estimate of drug-likeness (QED) is 0.873. The summed E-state index contributed by atoms with van der Waals surface area (Å²) in [7, 11) is 0. The van der Waals surface area contributed by atoms with E-state index >= 15 is 0 Å². The van der Waals surface area contributed by atoms with Crippen LogP contribution in [0.25, 0.3) is 0 Å². The number of nitrogens with zero attached hydrogens (tertiary/aromatic N) is 2. The van der Waals surface area contributed by atoms with Crippen molar-refractivity contribution < 1.29 is 9.52 Å². The van der Waals surface area contributed by atoms with Gasteiger partial charge in [0.15, 0.2) is 0 Å². The molecule has 0 radical (unpaired) electrons. The molecule has 0 spiro atoms. The molecule has 0 saturated carbocycles. The van der Waals surface area contributed by atoms with Crippen LogP contribution in [0.5, 0.6) is 0 Å². The predicted octanol–water partition coefficient (Wildman–Crippen LogP) is 2.04. The molecule has 0 saturated heterocycles. The Kier molecular flexibility index (Phi) is 3.31. The van der Waals surface area contributed by atoms with Gasteiger partial charge in [-0.25, -0.2) is 9.97 Å². The van der Waals surface area contributed by atoms with E-state index in [9.17, 15) is 5.11 Å². The summed E-state index contributed by atoms with van der Waals surface area (Å²) in [6, 6.07) is 3.44. The highest BCUT2D eigenvalue weighted by Crippen LogP contribution is 2.21. The summed E-state index contributed by atoms with van der Waals surface area (Å²) in [6.45, 7) is 1.89. The van der Waals surface area contributed by atoms with E-state index in [1.807, 2.05) is 0 Å². The minimum Gasteiger partial charge on any atom is -0.466 e. The fourth-order valence-corrected chi connectivity index (χ4v) is 1.42. The van der Waals surface area contributed by atoms with Crippen LogP contribution in [0.15, 0.2) is 35.2 Å². The molecular weight excluding hydrogens is 242 g/mol. The fraction of sp³-hybridized carbons (Fsp3) is 0.273. The number of anilines is 1. The molecule has 2 rings (SSSR count). The third-order valence-corrected chi connectivity index (χ3v) is 2.46. The number of nitrogens with one attached hydrogen (secondary N) is 1. The number of rotatable bonds is 4. The van der Waals surface area contributed by atoms with Crippen molar-refractivity contribution in [2.75, 3.05) is 11.9 Å². The molecule has 0 aromatic carbocycles. The predicted molar refractivity (Wildman–Crippen MR) is 63.8 cm³/mol. The van der Waals surface area contributed by atoms with E-state index in [2.05, 4.69) is 15.3 Å². The second kappa shape index (κ2) is 4.73. The normalized spacial score (nSPS) is 14.3. The molecule has 0 aliphatic heterocycles. The van der Waals surface area contributed by atoms with Gasteiger partial charge in [0.05, 0.1) is 30.2 Å². The molecule has 0 aliphatic carbocycles. The summed E-state index contributed by atoms with van der Waals surface area (Å²) in [6.07, 6.45) is 4.49. The molecule has 2 N–H and O–H groups in total. The van der Waals surface area contributed by atoms with Gasteiger partial charge in [0.1, 0.15) is 11.4 Å². The zero-order chi connectivity index (χ0) is 12.3. The summed E-state index contributed by atoms with van der Waals surface area (Å²) in [5.74, 6) is 0.889. The lowest BCUT2D eigenvalue weighted by Crippen LogP contribution is -2.30. The van der Waals surface area contributed by atoms with E-state index in [0.717, 1.165) is 0 Å². The molecule has 0 fully saturated rings. The average molecular weight is 254 g/mol. The third-order valence-electron chi connectivity index (χ3n) is 2.26. The summed E-state index contributed by atoms with van der Waals surface area (Å²) in [5, 5.41) is 13.5. The second-order valence-corrected chi connectivity index (χ2v) is 4.27. The Balaban J connectivity index is 2.00. The molecule has 17 heavy (non-hydrogen) atoms. The highest BCUT2D eigenvalue weighted by atomic mass is 35.5. The van der Waals surface area contributed by atoms with Crippen molar-refractivity contribution in [1.82, 2.24) is 9.97 Å². The molecule has 5 nitrogen and oxygen atoms in total. The summed E-state index contributed by atoms with van der Waals surface area (Å²) < 4.78 is 5.15. The van der Waals surface area contributed by atoms with Gasteiger partial charge in [0.25, 0.3) is 0 Å². The average Bonchev–Trinajstić information content (AvgIpc) is 2.82. The van der Waals surface area contributed by atoms with Gasteiger partial charge in [-0.3, -0.25) is 0 Å². The van der Waals surface area contributed by atoms with E-state index in [0.29, 0.717) is 16.7 Å². The first-order valence-corrected chi connectivity index (χ1v) is 5.43. The number of aliphatic hydroxyl groups is 1. The maximum Gasteiger partial charge on any atom is 0.222 e. The van der Waals surface area contributed by atoms with Crippen LogP contribution in [-0.2, 0) is 5.60 Å². The summed E-state index contributed by atoms with van der Waals surface area (Å²) in [5.41, 5.74) is -1.12. The molecule has 6 heteroatoms. The Bertz CT molecular complexity index is 468. The largest absolute Gasteiger partial charge is 0.466 e. The van der Waals surface area contributed by atoms with Crippen LogP contribution in [0.4, 0.5) is 5.95 Å². The molecule has 90 valence electrons. The molecular formula is C11H12ClN3O2. The summed E-state index contributed by atoms with van der Waals surface area (Å²) >= 11 is 5.67. The molecule has 0 bridgehead atoms. The first-order chi connectivity index (χ1) is 8.08. The molecule has 0 amide bonds. The van der Waals surface area contributed by atoms with Gasteiger partial charge in [0.2, 0.25) is 5.95 Å². The van der Waals surface area contributed by atoms with Crippen LogP contribution in [0.3, 0.4) is 0 Å². The fourth-order valence-electron chi connectivity index (χ4n) is 1.33. The SMILES string of the molecule is CC(O)(CNc1ncc(Cl)cn1)c1ccco1. The lowest BCUT2D eigenvalue weighted by atomic mass is 10.0. The molecule has 2 aromatic rings. The number of hydrogen-bond acceptors (Lipinski definition) is 5. The van der Waals surface area contributed by atoms with E-state index in [1.165, 1.54) is 18.7 Å². The molecule has 0 aliphatic rings. The number of halogens is 1. The number of aromatic nitrogens is 2. The number of hydrogen-bond donors (Lipinski definition) is 2. The first-order valence-electron chi connectivity index (χ1n) is 5.06. The summed E-state index contributed by atoms with van der Waals surface area (Å²) in [4.78, 5) is 7.93. The zero-order valence-corrected chi connectivity index (χ0v) is 9.98. The van der Waals surface area contributed by atoms with Gasteiger partial charge in [-0.2, -0.15) is 0 Å². The van der Waals surface area contributed by atoms with Crippen LogP contribution in [0, 0.1) is 0 Å². The van der Waals surface area contributed by atoms with Crippen LogP contribution in [0.1, 0.15) is 12.7 Å². The van der Waals surface area contributed by atoms with Gasteiger partial charge in [-0.05, 0) is 19.1 Å². The van der Waals surface area contributed by atoms with Gasteiger partial charge >= 0.3 is 0 Å². The maximum absolute atomic E-state index is 10.2. The lowest BCUT2D eigenvalue weighted by molar-refractivity contribution is 0.0475. The second-order valence-electron chi connectivity index (χ2n) is 3.83. The molecule has 1 atom stereocenters. The Morgan fingerprint density at radius 1 is 1.47 bits per heavy atom. The van der Waals surface area contributed by atoms with E-state index in [-0.39, 0.29) is 6.54 Å². The van der Waals surface area contributed by atoms with E-state index in [1.54, 1.807) is 19.1 Å². The van der Waals surface area contributed by atoms with Crippen molar-refractivity contribution in [3.05, 3.63) is 41.6 Å². The van der Waals surface area contributed by atoms with Gasteiger partial charge in [0, 0.05) is 0 Å². The Morgan fingerprint density at radius 3 is 2.76 bits per heavy atom. The molecule has 2 heterocycles. The zero-order valence-electron chi connectivity index (χ0n) is 9.22. The smallest absolute Gasteiger partial charge is 0.222 e. The maximum atomic E-state index is 10.2. The van der Waals surface area contributed by atoms with Gasteiger partial charge < -0.3 is 14.8 Å². The van der Waals surface area contributed by atoms with Crippen LogP contribution in [0.2, 0.25) is 5.02 Å². The number of furan rings is 1. The first kappa shape index (κ1) is 11.9. The lowest BCUT2D eigenvalue weighted by Gasteiger charge is -2.20. The Morgan fingerprint density at radius 2 is 2.18 bits per heavy atom. The Hall–Kier alpha value is -1.59. The minimum absolute atomic E-state index is 0.238.